The Labute approximate surface area is 256 Å². The summed E-state index contributed by atoms with van der Waals surface area (Å²) in [5.41, 5.74) is 2.55. The predicted octanol–water partition coefficient (Wildman–Crippen LogP) is 6.87. The van der Waals surface area contributed by atoms with Gasteiger partial charge in [-0.05, 0) is 66.0 Å². The van der Waals surface area contributed by atoms with E-state index in [2.05, 4.69) is 25.3 Å². The Morgan fingerprint density at radius 3 is 2.47 bits per heavy atom. The van der Waals surface area contributed by atoms with Crippen molar-refractivity contribution in [1.82, 2.24) is 19.1 Å². The summed E-state index contributed by atoms with van der Waals surface area (Å²) in [5.74, 6) is 0.765. The van der Waals surface area contributed by atoms with Crippen molar-refractivity contribution in [2.24, 2.45) is 9.74 Å². The molecule has 0 spiro atoms. The van der Waals surface area contributed by atoms with Crippen molar-refractivity contribution in [2.75, 3.05) is 26.3 Å². The summed E-state index contributed by atoms with van der Waals surface area (Å²) < 4.78 is 34.1. The van der Waals surface area contributed by atoms with Crippen LogP contribution in [-0.2, 0) is 4.74 Å². The van der Waals surface area contributed by atoms with Crippen molar-refractivity contribution < 1.29 is 14.1 Å². The molecule has 3 heterocycles. The van der Waals surface area contributed by atoms with E-state index in [1.165, 1.54) is 18.2 Å². The van der Waals surface area contributed by atoms with E-state index in [1.807, 2.05) is 48.0 Å². The molecule has 3 aliphatic rings. The van der Waals surface area contributed by atoms with E-state index in [0.717, 1.165) is 29.5 Å². The number of morpholine rings is 1. The van der Waals surface area contributed by atoms with Crippen LogP contribution in [0.25, 0.3) is 5.69 Å². The zero-order valence-corrected chi connectivity index (χ0v) is 25.8. The van der Waals surface area contributed by atoms with E-state index < -0.39 is 12.3 Å². The molecule has 0 amide bonds. The molecule has 1 aliphatic carbocycles. The highest BCUT2D eigenvalue weighted by Gasteiger charge is 2.52. The third-order valence-electron chi connectivity index (χ3n) is 7.81. The summed E-state index contributed by atoms with van der Waals surface area (Å²) in [4.78, 5) is 16.4. The highest BCUT2D eigenvalue weighted by molar-refractivity contribution is 9.10. The molecular formula is C30H28BrFN7O3P. The van der Waals surface area contributed by atoms with Crippen LogP contribution in [0.4, 0.5) is 21.6 Å². The first-order chi connectivity index (χ1) is 20.9. The number of rotatable bonds is 6. The molecule has 0 radical (unpaired) electrons. The first-order valence-electron chi connectivity index (χ1n) is 14.1. The molecule has 220 valence electrons. The highest BCUT2D eigenvalue weighted by atomic mass is 79.9. The van der Waals surface area contributed by atoms with Crippen molar-refractivity contribution in [3.8, 4) is 5.69 Å². The molecule has 1 atom stereocenters. The molecular weight excluding hydrogens is 636 g/mol. The number of halogens is 2. The minimum Gasteiger partial charge on any atom is -0.379 e. The van der Waals surface area contributed by atoms with Crippen LogP contribution in [0.2, 0.25) is 0 Å². The molecule has 4 aromatic rings. The third-order valence-corrected chi connectivity index (χ3v) is 12.4. The Kier molecular flexibility index (Phi) is 7.25. The number of nitro groups is 1. The Hall–Kier alpha value is -3.70. The fraction of sp³-hybridized carbons (Fsp3) is 0.267. The lowest BCUT2D eigenvalue weighted by molar-refractivity contribution is -0.384. The molecule has 0 unspecified atom stereocenters. The summed E-state index contributed by atoms with van der Waals surface area (Å²) >= 11 is 3.58. The molecule has 1 aromatic heterocycles. The lowest BCUT2D eigenvalue weighted by atomic mass is 10.2. The SMILES string of the molecule is Cc1nn(-c2ccccc2)c2c1[P@](=Nc1ccc([N+](=O)[O-])cc1Br)(N1CCOCC1)N(C1CC1)C(c1ccccc1F)=N2. The second-order valence-electron chi connectivity index (χ2n) is 10.6. The quantitative estimate of drug-likeness (QED) is 0.127. The van der Waals surface area contributed by atoms with Gasteiger partial charge in [-0.3, -0.25) is 10.1 Å². The lowest BCUT2D eigenvalue weighted by Gasteiger charge is -2.48. The van der Waals surface area contributed by atoms with E-state index >= 15 is 4.39 Å². The van der Waals surface area contributed by atoms with Crippen molar-refractivity contribution in [2.45, 2.75) is 25.8 Å². The number of fused-ring (bicyclic) bond motifs is 1. The van der Waals surface area contributed by atoms with Crippen LogP contribution < -0.4 is 5.30 Å². The molecule has 0 N–H and O–H groups in total. The molecule has 1 saturated heterocycles. The molecule has 0 bridgehead atoms. The zero-order chi connectivity index (χ0) is 29.7. The van der Waals surface area contributed by atoms with Gasteiger partial charge in [-0.15, -0.1) is 0 Å². The second kappa shape index (κ2) is 11.1. The van der Waals surface area contributed by atoms with E-state index in [9.17, 15) is 10.1 Å². The van der Waals surface area contributed by atoms with Crippen LogP contribution in [0.5, 0.6) is 0 Å². The van der Waals surface area contributed by atoms with Gasteiger partial charge in [-0.1, -0.05) is 30.3 Å². The molecule has 2 fully saturated rings. The summed E-state index contributed by atoms with van der Waals surface area (Å²) in [7, 11) is -2.99. The van der Waals surface area contributed by atoms with E-state index in [-0.39, 0.29) is 17.5 Å². The lowest BCUT2D eigenvalue weighted by Crippen LogP contribution is -2.48. The number of amidine groups is 1. The number of nitro benzene ring substituents is 1. The number of hydrogen-bond donors (Lipinski definition) is 0. The van der Waals surface area contributed by atoms with Gasteiger partial charge < -0.3 is 9.41 Å². The summed E-state index contributed by atoms with van der Waals surface area (Å²) in [6.07, 6.45) is 1.83. The fourth-order valence-corrected chi connectivity index (χ4v) is 10.6. The van der Waals surface area contributed by atoms with Gasteiger partial charge in [-0.25, -0.2) is 23.5 Å². The number of non-ortho nitro benzene ring substituents is 1. The number of benzene rings is 3. The Bertz CT molecular complexity index is 1820. The molecule has 43 heavy (non-hydrogen) atoms. The van der Waals surface area contributed by atoms with Crippen LogP contribution in [0.1, 0.15) is 24.1 Å². The van der Waals surface area contributed by atoms with Crippen LogP contribution in [0.15, 0.2) is 87.0 Å². The van der Waals surface area contributed by atoms with Gasteiger partial charge in [0, 0.05) is 31.3 Å². The number of aromatic nitrogens is 2. The monoisotopic (exact) mass is 663 g/mol. The van der Waals surface area contributed by atoms with Crippen molar-refractivity contribution in [1.29, 1.82) is 0 Å². The summed E-state index contributed by atoms with van der Waals surface area (Å²) in [6.45, 7) is 4.22. The van der Waals surface area contributed by atoms with E-state index in [4.69, 9.17) is 19.6 Å². The number of aryl methyl sites for hydroxylation is 1. The second-order valence-corrected chi connectivity index (χ2v) is 14.3. The summed E-state index contributed by atoms with van der Waals surface area (Å²) in [5, 5.41) is 17.5. The van der Waals surface area contributed by atoms with E-state index in [1.54, 1.807) is 18.2 Å². The summed E-state index contributed by atoms with van der Waals surface area (Å²) in [6, 6.07) is 21.2. The molecule has 3 aromatic carbocycles. The van der Waals surface area contributed by atoms with Gasteiger partial charge in [-0.2, -0.15) is 5.10 Å². The average molecular weight is 664 g/mol. The number of para-hydroxylation sites is 1. The Morgan fingerprint density at radius 2 is 1.79 bits per heavy atom. The van der Waals surface area contributed by atoms with Gasteiger partial charge in [0.1, 0.15) is 11.7 Å². The van der Waals surface area contributed by atoms with E-state index in [0.29, 0.717) is 53.7 Å². The molecule has 2 aliphatic heterocycles. The number of ether oxygens (including phenoxy) is 1. The van der Waals surface area contributed by atoms with Crippen molar-refractivity contribution >= 4 is 51.6 Å². The van der Waals surface area contributed by atoms with Crippen LogP contribution in [0.3, 0.4) is 0 Å². The number of aliphatic imine (C=N–C) groups is 1. The number of nitrogens with zero attached hydrogens (tertiary/aromatic N) is 7. The Balaban J connectivity index is 1.61. The maximum Gasteiger partial charge on any atom is 0.270 e. The first-order valence-corrected chi connectivity index (χ1v) is 16.5. The standard InChI is InChI=1S/C30H28BrFN7O3P/c1-20-28-30(37(34-20)21-7-3-2-4-8-21)33-29(24-9-5-6-10-26(24)32)38(22-11-12-22)43(28,36-15-17-42-18-16-36)35-27-14-13-23(39(40)41)19-25(27)31/h2-10,13-14,19,22H,11-12,15-18H2,1H3/t43-/m0/s1. The Morgan fingerprint density at radius 1 is 1.07 bits per heavy atom. The minimum atomic E-state index is -2.99. The van der Waals surface area contributed by atoms with Crippen LogP contribution >= 0.6 is 23.3 Å². The molecule has 1 saturated carbocycles. The topological polar surface area (TPSA) is 101 Å². The fourth-order valence-electron chi connectivity index (χ4n) is 5.76. The first kappa shape index (κ1) is 28.1. The van der Waals surface area contributed by atoms with Crippen LogP contribution in [-0.4, -0.2) is 62.2 Å². The van der Waals surface area contributed by atoms with Gasteiger partial charge in [0.05, 0.1) is 50.5 Å². The van der Waals surface area contributed by atoms with Gasteiger partial charge in [0.25, 0.3) is 5.69 Å². The smallest absolute Gasteiger partial charge is 0.270 e. The molecule has 10 nitrogen and oxygen atoms in total. The third kappa shape index (κ3) is 4.82. The average Bonchev–Trinajstić information content (AvgIpc) is 3.80. The van der Waals surface area contributed by atoms with Gasteiger partial charge >= 0.3 is 0 Å². The predicted molar refractivity (Wildman–Crippen MR) is 168 cm³/mol. The van der Waals surface area contributed by atoms with Gasteiger partial charge in [0.15, 0.2) is 13.2 Å². The van der Waals surface area contributed by atoms with Crippen molar-refractivity contribution in [3.05, 3.63) is 104 Å². The largest absolute Gasteiger partial charge is 0.379 e. The number of hydrogen-bond acceptors (Lipinski definition) is 6. The normalized spacial score (nSPS) is 20.4. The zero-order valence-electron chi connectivity index (χ0n) is 23.3. The minimum absolute atomic E-state index is 0.0327. The van der Waals surface area contributed by atoms with Gasteiger partial charge in [0.2, 0.25) is 0 Å². The molecule has 7 rings (SSSR count). The van der Waals surface area contributed by atoms with Crippen molar-refractivity contribution in [3.63, 3.8) is 0 Å². The maximum absolute atomic E-state index is 15.7. The van der Waals surface area contributed by atoms with Crippen LogP contribution in [0, 0.1) is 22.9 Å². The molecule has 13 heteroatoms. The highest BCUT2D eigenvalue weighted by Crippen LogP contribution is 2.66. The maximum atomic E-state index is 15.7.